The molecule has 3 rings (SSSR count). The molecule has 11 heteroatoms. The van der Waals surface area contributed by atoms with Crippen molar-refractivity contribution < 1.29 is 21.8 Å². The zero-order valence-corrected chi connectivity index (χ0v) is 19.2. The molecule has 1 aliphatic rings. The molecule has 2 aromatic rings. The Morgan fingerprint density at radius 3 is 2.23 bits per heavy atom. The van der Waals surface area contributed by atoms with E-state index in [1.807, 2.05) is 0 Å². The SMILES string of the molecule is Cc1cc(C)c(S(=O)(=O)N2CCCCC2)cc1N(C)S(=O)(=O)c1cccc([N+](=O)[O-])c1. The van der Waals surface area contributed by atoms with E-state index in [1.54, 1.807) is 19.9 Å². The predicted molar refractivity (Wildman–Crippen MR) is 117 cm³/mol. The van der Waals surface area contributed by atoms with Crippen molar-refractivity contribution in [3.8, 4) is 0 Å². The van der Waals surface area contributed by atoms with E-state index in [9.17, 15) is 26.9 Å². The number of nitro groups is 1. The van der Waals surface area contributed by atoms with Crippen molar-refractivity contribution in [2.45, 2.75) is 42.9 Å². The lowest BCUT2D eigenvalue weighted by Crippen LogP contribution is -2.36. The van der Waals surface area contributed by atoms with E-state index in [2.05, 4.69) is 0 Å². The van der Waals surface area contributed by atoms with Gasteiger partial charge in [0, 0.05) is 32.3 Å². The molecule has 2 aromatic carbocycles. The van der Waals surface area contributed by atoms with Gasteiger partial charge >= 0.3 is 0 Å². The molecule has 0 N–H and O–H groups in total. The van der Waals surface area contributed by atoms with Crippen LogP contribution in [-0.4, -0.2) is 46.2 Å². The molecule has 9 nitrogen and oxygen atoms in total. The maximum Gasteiger partial charge on any atom is 0.270 e. The standard InChI is InChI=1S/C20H25N3O6S2/c1-15-12-16(2)20(31(28,29)22-10-5-4-6-11-22)14-19(15)21(3)30(26,27)18-9-7-8-17(13-18)23(24)25/h7-9,12-14H,4-6,10-11H2,1-3H3. The first-order valence-electron chi connectivity index (χ1n) is 9.81. The fourth-order valence-corrected chi connectivity index (χ4v) is 6.76. The number of anilines is 1. The summed E-state index contributed by atoms with van der Waals surface area (Å²) in [5, 5.41) is 11.0. The number of nitrogens with zero attached hydrogens (tertiary/aromatic N) is 3. The van der Waals surface area contributed by atoms with Gasteiger partial charge in [-0.1, -0.05) is 18.6 Å². The van der Waals surface area contributed by atoms with Crippen LogP contribution in [0.25, 0.3) is 0 Å². The molecule has 0 saturated carbocycles. The molecule has 168 valence electrons. The number of non-ortho nitro benzene ring substituents is 1. The first kappa shape index (κ1) is 23.2. The van der Waals surface area contributed by atoms with Gasteiger partial charge in [-0.05, 0) is 49.9 Å². The molecule has 0 bridgehead atoms. The molecule has 0 amide bonds. The molecule has 1 heterocycles. The Kier molecular flexibility index (Phi) is 6.40. The predicted octanol–water partition coefficient (Wildman–Crippen LogP) is 3.21. The molecule has 31 heavy (non-hydrogen) atoms. The molecular weight excluding hydrogens is 442 g/mol. The van der Waals surface area contributed by atoms with Crippen molar-refractivity contribution >= 4 is 31.4 Å². The van der Waals surface area contributed by atoms with Gasteiger partial charge in [0.1, 0.15) is 0 Å². The van der Waals surface area contributed by atoms with E-state index in [0.717, 1.165) is 29.6 Å². The van der Waals surface area contributed by atoms with Crippen molar-refractivity contribution in [3.63, 3.8) is 0 Å². The summed E-state index contributed by atoms with van der Waals surface area (Å²) in [4.78, 5) is 10.2. The molecule has 0 radical (unpaired) electrons. The van der Waals surface area contributed by atoms with E-state index in [0.29, 0.717) is 24.2 Å². The van der Waals surface area contributed by atoms with Crippen LogP contribution in [0.5, 0.6) is 0 Å². The van der Waals surface area contributed by atoms with Gasteiger partial charge in [0.2, 0.25) is 10.0 Å². The van der Waals surface area contributed by atoms with Gasteiger partial charge in [-0.15, -0.1) is 0 Å². The highest BCUT2D eigenvalue weighted by Crippen LogP contribution is 2.33. The lowest BCUT2D eigenvalue weighted by molar-refractivity contribution is -0.385. The molecule has 0 spiro atoms. The molecule has 1 aliphatic heterocycles. The third-order valence-electron chi connectivity index (χ3n) is 5.45. The van der Waals surface area contributed by atoms with Gasteiger partial charge in [0.05, 0.1) is 20.4 Å². The zero-order chi connectivity index (χ0) is 23.0. The normalized spacial score (nSPS) is 15.6. The average molecular weight is 468 g/mol. The van der Waals surface area contributed by atoms with Crippen molar-refractivity contribution in [2.75, 3.05) is 24.4 Å². The van der Waals surface area contributed by atoms with Crippen molar-refractivity contribution in [1.82, 2.24) is 4.31 Å². The largest absolute Gasteiger partial charge is 0.270 e. The summed E-state index contributed by atoms with van der Waals surface area (Å²) in [7, 11) is -6.61. The van der Waals surface area contributed by atoms with Crippen LogP contribution in [0.1, 0.15) is 30.4 Å². The minimum absolute atomic E-state index is 0.0658. The first-order chi connectivity index (χ1) is 14.5. The van der Waals surface area contributed by atoms with E-state index in [-0.39, 0.29) is 21.2 Å². The molecule has 0 unspecified atom stereocenters. The maximum atomic E-state index is 13.2. The van der Waals surface area contributed by atoms with E-state index >= 15 is 0 Å². The second-order valence-electron chi connectivity index (χ2n) is 7.60. The first-order valence-corrected chi connectivity index (χ1v) is 12.7. The molecule has 0 aliphatic carbocycles. The average Bonchev–Trinajstić information content (AvgIpc) is 2.73. The van der Waals surface area contributed by atoms with Crippen LogP contribution in [0, 0.1) is 24.0 Å². The second-order valence-corrected chi connectivity index (χ2v) is 11.5. The summed E-state index contributed by atoms with van der Waals surface area (Å²) < 4.78 is 55.1. The quantitative estimate of drug-likeness (QED) is 0.475. The minimum Gasteiger partial charge on any atom is -0.269 e. The van der Waals surface area contributed by atoms with Crippen LogP contribution in [-0.2, 0) is 20.0 Å². The topological polar surface area (TPSA) is 118 Å². The van der Waals surface area contributed by atoms with E-state index in [4.69, 9.17) is 0 Å². The lowest BCUT2D eigenvalue weighted by atomic mass is 10.1. The molecule has 0 atom stereocenters. The number of hydrogen-bond donors (Lipinski definition) is 0. The molecule has 0 aromatic heterocycles. The minimum atomic E-state index is -4.15. The van der Waals surface area contributed by atoms with Gasteiger partial charge in [-0.2, -0.15) is 4.31 Å². The highest BCUT2D eigenvalue weighted by atomic mass is 32.2. The summed E-state index contributed by atoms with van der Waals surface area (Å²) >= 11 is 0. The Labute approximate surface area is 182 Å². The van der Waals surface area contributed by atoms with Crippen LogP contribution in [0.15, 0.2) is 46.2 Å². The smallest absolute Gasteiger partial charge is 0.269 e. The Hall–Kier alpha value is -2.50. The third-order valence-corrected chi connectivity index (χ3v) is 9.26. The summed E-state index contributed by atoms with van der Waals surface area (Å²) in [6, 6.07) is 7.79. The Morgan fingerprint density at radius 1 is 0.968 bits per heavy atom. The molecular formula is C20H25N3O6S2. The maximum absolute atomic E-state index is 13.2. The zero-order valence-electron chi connectivity index (χ0n) is 17.6. The fourth-order valence-electron chi connectivity index (χ4n) is 3.73. The number of nitro benzene ring substituents is 1. The summed E-state index contributed by atoms with van der Waals surface area (Å²) in [5.74, 6) is 0. The van der Waals surface area contributed by atoms with Gasteiger partial charge in [0.25, 0.3) is 15.7 Å². The Bertz CT molecular complexity index is 1220. The summed E-state index contributed by atoms with van der Waals surface area (Å²) in [6.07, 6.45) is 2.56. The van der Waals surface area contributed by atoms with E-state index in [1.165, 1.54) is 35.6 Å². The van der Waals surface area contributed by atoms with Gasteiger partial charge in [0.15, 0.2) is 0 Å². The molecule has 1 fully saturated rings. The van der Waals surface area contributed by atoms with Gasteiger partial charge in [-0.25, -0.2) is 16.8 Å². The summed E-state index contributed by atoms with van der Waals surface area (Å²) in [6.45, 7) is 4.25. The van der Waals surface area contributed by atoms with Gasteiger partial charge in [-0.3, -0.25) is 14.4 Å². The van der Waals surface area contributed by atoms with Crippen molar-refractivity contribution in [1.29, 1.82) is 0 Å². The molecule has 1 saturated heterocycles. The third kappa shape index (κ3) is 4.43. The number of piperidine rings is 1. The number of rotatable bonds is 6. The Balaban J connectivity index is 2.07. The highest BCUT2D eigenvalue weighted by Gasteiger charge is 2.30. The fraction of sp³-hybridized carbons (Fsp3) is 0.400. The number of benzene rings is 2. The van der Waals surface area contributed by atoms with Crippen LogP contribution in [0.4, 0.5) is 11.4 Å². The van der Waals surface area contributed by atoms with Crippen LogP contribution >= 0.6 is 0 Å². The number of aryl methyl sites for hydroxylation is 2. The number of sulfonamides is 2. The van der Waals surface area contributed by atoms with Crippen molar-refractivity contribution in [3.05, 3.63) is 57.6 Å². The van der Waals surface area contributed by atoms with Crippen molar-refractivity contribution in [2.24, 2.45) is 0 Å². The van der Waals surface area contributed by atoms with Crippen LogP contribution in [0.3, 0.4) is 0 Å². The lowest BCUT2D eigenvalue weighted by Gasteiger charge is -2.28. The van der Waals surface area contributed by atoms with Crippen LogP contribution < -0.4 is 4.31 Å². The van der Waals surface area contributed by atoms with E-state index < -0.39 is 25.0 Å². The number of hydrogen-bond acceptors (Lipinski definition) is 6. The van der Waals surface area contributed by atoms with Crippen LogP contribution in [0.2, 0.25) is 0 Å². The Morgan fingerprint density at radius 2 is 1.61 bits per heavy atom. The highest BCUT2D eigenvalue weighted by molar-refractivity contribution is 7.92. The summed E-state index contributed by atoms with van der Waals surface area (Å²) in [5.41, 5.74) is 0.968. The monoisotopic (exact) mass is 467 g/mol. The van der Waals surface area contributed by atoms with Gasteiger partial charge < -0.3 is 0 Å². The second kappa shape index (κ2) is 8.56.